The van der Waals surface area contributed by atoms with Crippen molar-refractivity contribution in [3.8, 4) is 6.07 Å². The number of carbonyl (C=O) groups is 2. The first-order valence-electron chi connectivity index (χ1n) is 8.72. The molecule has 0 aliphatic carbocycles. The molecule has 0 saturated heterocycles. The van der Waals surface area contributed by atoms with Gasteiger partial charge in [-0.25, -0.2) is 9.78 Å². The molecule has 0 bridgehead atoms. The SMILES string of the molecule is CC(=O)N(c1ccccc1)c1nc(/C=C/C(=O)OCc2cccc(C#N)c2)cs1. The van der Waals surface area contributed by atoms with E-state index >= 15 is 0 Å². The summed E-state index contributed by atoms with van der Waals surface area (Å²) in [6.07, 6.45) is 2.82. The van der Waals surface area contributed by atoms with Gasteiger partial charge < -0.3 is 4.74 Å². The van der Waals surface area contributed by atoms with Crippen LogP contribution in [-0.4, -0.2) is 16.9 Å². The highest BCUT2D eigenvalue weighted by Crippen LogP contribution is 2.29. The van der Waals surface area contributed by atoms with Gasteiger partial charge in [0.15, 0.2) is 5.13 Å². The second kappa shape index (κ2) is 9.44. The van der Waals surface area contributed by atoms with E-state index in [1.165, 1.54) is 35.3 Å². The lowest BCUT2D eigenvalue weighted by Crippen LogP contribution is -2.22. The molecule has 7 heteroatoms. The lowest BCUT2D eigenvalue weighted by Gasteiger charge is -2.17. The van der Waals surface area contributed by atoms with E-state index < -0.39 is 5.97 Å². The van der Waals surface area contributed by atoms with Crippen molar-refractivity contribution in [2.45, 2.75) is 13.5 Å². The number of nitriles is 1. The fraction of sp³-hybridized carbons (Fsp3) is 0.0909. The van der Waals surface area contributed by atoms with Gasteiger partial charge in [-0.3, -0.25) is 9.69 Å². The number of hydrogen-bond acceptors (Lipinski definition) is 6. The minimum Gasteiger partial charge on any atom is -0.458 e. The quantitative estimate of drug-likeness (QED) is 0.448. The lowest BCUT2D eigenvalue weighted by atomic mass is 10.1. The summed E-state index contributed by atoms with van der Waals surface area (Å²) in [6.45, 7) is 1.55. The monoisotopic (exact) mass is 403 g/mol. The highest BCUT2D eigenvalue weighted by molar-refractivity contribution is 7.14. The van der Waals surface area contributed by atoms with E-state index in [2.05, 4.69) is 4.98 Å². The number of para-hydroxylation sites is 1. The van der Waals surface area contributed by atoms with Crippen molar-refractivity contribution >= 4 is 40.1 Å². The van der Waals surface area contributed by atoms with Crippen LogP contribution in [0.15, 0.2) is 66.1 Å². The highest BCUT2D eigenvalue weighted by Gasteiger charge is 2.17. The Morgan fingerprint density at radius 3 is 2.72 bits per heavy atom. The Morgan fingerprint density at radius 1 is 1.21 bits per heavy atom. The van der Waals surface area contributed by atoms with Crippen molar-refractivity contribution in [3.05, 3.63) is 82.9 Å². The molecule has 0 radical (unpaired) electrons. The average Bonchev–Trinajstić information content (AvgIpc) is 3.20. The number of esters is 1. The van der Waals surface area contributed by atoms with Gasteiger partial charge in [-0.15, -0.1) is 11.3 Å². The van der Waals surface area contributed by atoms with E-state index in [0.717, 1.165) is 11.3 Å². The maximum atomic E-state index is 12.1. The van der Waals surface area contributed by atoms with Crippen LogP contribution in [0.25, 0.3) is 6.08 Å². The van der Waals surface area contributed by atoms with Crippen molar-refractivity contribution < 1.29 is 14.3 Å². The van der Waals surface area contributed by atoms with Gasteiger partial charge in [0.25, 0.3) is 0 Å². The summed E-state index contributed by atoms with van der Waals surface area (Å²) < 4.78 is 5.19. The third-order valence-electron chi connectivity index (χ3n) is 3.86. The molecule has 0 aliphatic heterocycles. The van der Waals surface area contributed by atoms with Crippen LogP contribution >= 0.6 is 11.3 Å². The topological polar surface area (TPSA) is 83.3 Å². The van der Waals surface area contributed by atoms with Gasteiger partial charge >= 0.3 is 5.97 Å². The van der Waals surface area contributed by atoms with Crippen molar-refractivity contribution in [2.24, 2.45) is 0 Å². The number of nitrogens with zero attached hydrogens (tertiary/aromatic N) is 3. The van der Waals surface area contributed by atoms with Crippen LogP contribution in [-0.2, 0) is 20.9 Å². The van der Waals surface area contributed by atoms with Gasteiger partial charge in [-0.05, 0) is 35.9 Å². The van der Waals surface area contributed by atoms with Crippen LogP contribution in [0.5, 0.6) is 0 Å². The Morgan fingerprint density at radius 2 is 2.00 bits per heavy atom. The number of hydrogen-bond donors (Lipinski definition) is 0. The Hall–Kier alpha value is -3.76. The standard InChI is InChI=1S/C22H17N3O3S/c1-16(26)25(20-8-3-2-4-9-20)22-24-19(15-29-22)10-11-21(27)28-14-18-7-5-6-17(12-18)13-23/h2-12,15H,14H2,1H3/b11-10+. The zero-order chi connectivity index (χ0) is 20.6. The lowest BCUT2D eigenvalue weighted by molar-refractivity contribution is -0.138. The molecule has 1 heterocycles. The predicted molar refractivity (Wildman–Crippen MR) is 111 cm³/mol. The van der Waals surface area contributed by atoms with E-state index in [0.29, 0.717) is 16.4 Å². The average molecular weight is 403 g/mol. The fourth-order valence-electron chi connectivity index (χ4n) is 2.55. The molecule has 0 N–H and O–H groups in total. The van der Waals surface area contributed by atoms with Crippen molar-refractivity contribution in [2.75, 3.05) is 4.90 Å². The van der Waals surface area contributed by atoms with Crippen LogP contribution in [0, 0.1) is 11.3 Å². The molecule has 2 aromatic carbocycles. The van der Waals surface area contributed by atoms with Crippen molar-refractivity contribution in [1.82, 2.24) is 4.98 Å². The molecule has 1 amide bonds. The summed E-state index contributed by atoms with van der Waals surface area (Å²) in [7, 11) is 0. The summed E-state index contributed by atoms with van der Waals surface area (Å²) in [4.78, 5) is 29.9. The van der Waals surface area contributed by atoms with Crippen molar-refractivity contribution in [3.63, 3.8) is 0 Å². The molecule has 3 aromatic rings. The summed E-state index contributed by atoms with van der Waals surface area (Å²) in [5.74, 6) is -0.673. The number of anilines is 2. The molecule has 144 valence electrons. The number of carbonyl (C=O) groups excluding carboxylic acids is 2. The first kappa shape index (κ1) is 20.0. The molecule has 0 fully saturated rings. The Bertz CT molecular complexity index is 1080. The maximum Gasteiger partial charge on any atom is 0.331 e. The van der Waals surface area contributed by atoms with Gasteiger partial charge in [0.05, 0.1) is 23.0 Å². The second-order valence-electron chi connectivity index (χ2n) is 6.00. The first-order valence-corrected chi connectivity index (χ1v) is 9.60. The van der Waals surface area contributed by atoms with Crippen LogP contribution in [0.3, 0.4) is 0 Å². The number of ether oxygens (including phenoxy) is 1. The number of benzene rings is 2. The zero-order valence-corrected chi connectivity index (χ0v) is 16.4. The van der Waals surface area contributed by atoms with Crippen LogP contribution in [0.4, 0.5) is 10.8 Å². The molecular formula is C22H17N3O3S. The van der Waals surface area contributed by atoms with Crippen LogP contribution in [0.2, 0.25) is 0 Å². The molecule has 6 nitrogen and oxygen atoms in total. The second-order valence-corrected chi connectivity index (χ2v) is 6.83. The van der Waals surface area contributed by atoms with E-state index in [1.54, 1.807) is 29.6 Å². The molecule has 0 aliphatic rings. The predicted octanol–water partition coefficient (Wildman–Crippen LogP) is 4.46. The summed E-state index contributed by atoms with van der Waals surface area (Å²) in [5.41, 5.74) is 2.53. The van der Waals surface area contributed by atoms with Gasteiger partial charge in [0.1, 0.15) is 6.61 Å². The summed E-state index contributed by atoms with van der Waals surface area (Å²) in [5, 5.41) is 11.2. The third-order valence-corrected chi connectivity index (χ3v) is 4.70. The molecule has 1 aromatic heterocycles. The van der Waals surface area contributed by atoms with Crippen molar-refractivity contribution in [1.29, 1.82) is 5.26 Å². The zero-order valence-electron chi connectivity index (χ0n) is 15.6. The number of thiazole rings is 1. The smallest absolute Gasteiger partial charge is 0.331 e. The molecule has 0 unspecified atom stereocenters. The Balaban J connectivity index is 1.64. The minimum atomic E-state index is -0.520. The molecule has 29 heavy (non-hydrogen) atoms. The molecular weight excluding hydrogens is 386 g/mol. The molecule has 0 atom stereocenters. The van der Waals surface area contributed by atoms with Crippen LogP contribution < -0.4 is 4.90 Å². The van der Waals surface area contributed by atoms with Gasteiger partial charge in [-0.1, -0.05) is 30.3 Å². The summed E-state index contributed by atoms with van der Waals surface area (Å²) in [6, 6.07) is 18.2. The van der Waals surface area contributed by atoms with Gasteiger partial charge in [0.2, 0.25) is 5.91 Å². The maximum absolute atomic E-state index is 12.1. The molecule has 0 saturated carbocycles. The van der Waals surface area contributed by atoms with E-state index in [1.807, 2.05) is 36.4 Å². The third kappa shape index (κ3) is 5.37. The number of rotatable bonds is 6. The van der Waals surface area contributed by atoms with Gasteiger partial charge in [-0.2, -0.15) is 5.26 Å². The first-order chi connectivity index (χ1) is 14.1. The van der Waals surface area contributed by atoms with Gasteiger partial charge in [0, 0.05) is 18.4 Å². The number of amides is 1. The highest BCUT2D eigenvalue weighted by atomic mass is 32.1. The van der Waals surface area contributed by atoms with Crippen LogP contribution in [0.1, 0.15) is 23.7 Å². The van der Waals surface area contributed by atoms with E-state index in [4.69, 9.17) is 10.00 Å². The Labute approximate surface area is 172 Å². The van der Waals surface area contributed by atoms with E-state index in [-0.39, 0.29) is 12.5 Å². The largest absolute Gasteiger partial charge is 0.458 e. The number of aromatic nitrogens is 1. The minimum absolute atomic E-state index is 0.0765. The molecule has 3 rings (SSSR count). The van der Waals surface area contributed by atoms with E-state index in [9.17, 15) is 9.59 Å². The molecule has 0 spiro atoms. The fourth-order valence-corrected chi connectivity index (χ4v) is 3.40. The summed E-state index contributed by atoms with van der Waals surface area (Å²) >= 11 is 1.31. The Kier molecular flexibility index (Phi) is 6.51. The normalized spacial score (nSPS) is 10.5.